The van der Waals surface area contributed by atoms with Crippen molar-refractivity contribution in [1.82, 2.24) is 14.6 Å². The van der Waals surface area contributed by atoms with Crippen molar-refractivity contribution >= 4 is 15.9 Å². The molecule has 1 N–H and O–H groups in total. The standard InChI is InChI=1S/C19H23N3O4S/c1-14-12-22(13-15(2)26-14)27(24,25)18-8-6-16(7-9-18)19(23)21-11-17-5-3-4-10-20-17/h3-10,14-15H,11-13H2,1-2H3,(H,21,23)/t14-,15-/m1/s1. The van der Waals surface area contributed by atoms with Crippen LogP contribution >= 0.6 is 0 Å². The number of carbonyl (C=O) groups is 1. The van der Waals surface area contributed by atoms with E-state index in [1.165, 1.54) is 28.6 Å². The van der Waals surface area contributed by atoms with E-state index in [0.29, 0.717) is 25.2 Å². The van der Waals surface area contributed by atoms with Crippen molar-refractivity contribution in [2.45, 2.75) is 37.5 Å². The number of nitrogens with one attached hydrogen (secondary N) is 1. The van der Waals surface area contributed by atoms with E-state index in [9.17, 15) is 13.2 Å². The second kappa shape index (κ2) is 8.16. The lowest BCUT2D eigenvalue weighted by Gasteiger charge is -2.34. The number of nitrogens with zero attached hydrogens (tertiary/aromatic N) is 2. The molecule has 3 rings (SSSR count). The maximum absolute atomic E-state index is 12.8. The number of hydrogen-bond acceptors (Lipinski definition) is 5. The number of benzene rings is 1. The molecule has 0 unspecified atom stereocenters. The van der Waals surface area contributed by atoms with Crippen molar-refractivity contribution in [3.63, 3.8) is 0 Å². The van der Waals surface area contributed by atoms with E-state index < -0.39 is 10.0 Å². The Balaban J connectivity index is 1.68. The van der Waals surface area contributed by atoms with E-state index >= 15 is 0 Å². The Morgan fingerprint density at radius 3 is 2.41 bits per heavy atom. The van der Waals surface area contributed by atoms with Crippen LogP contribution < -0.4 is 5.32 Å². The fourth-order valence-electron chi connectivity index (χ4n) is 3.03. The quantitative estimate of drug-likeness (QED) is 0.843. The van der Waals surface area contributed by atoms with Crippen LogP contribution in [-0.4, -0.2) is 48.9 Å². The first-order chi connectivity index (χ1) is 12.9. The van der Waals surface area contributed by atoms with E-state index in [2.05, 4.69) is 10.3 Å². The van der Waals surface area contributed by atoms with Gasteiger partial charge in [0.15, 0.2) is 0 Å². The highest BCUT2D eigenvalue weighted by Crippen LogP contribution is 2.21. The molecule has 8 heteroatoms. The van der Waals surface area contributed by atoms with Crippen molar-refractivity contribution in [3.05, 3.63) is 59.9 Å². The molecule has 1 saturated heterocycles. The van der Waals surface area contributed by atoms with Gasteiger partial charge in [0.05, 0.1) is 29.3 Å². The molecule has 2 aromatic rings. The molecule has 1 aliphatic heterocycles. The minimum Gasteiger partial charge on any atom is -0.373 e. The highest BCUT2D eigenvalue weighted by molar-refractivity contribution is 7.89. The Bertz CT molecular complexity index is 875. The Hall–Kier alpha value is -2.29. The molecule has 144 valence electrons. The first-order valence-electron chi connectivity index (χ1n) is 8.80. The molecule has 0 aliphatic carbocycles. The molecular weight excluding hydrogens is 366 g/mol. The zero-order valence-corrected chi connectivity index (χ0v) is 16.1. The van der Waals surface area contributed by atoms with Crippen LogP contribution in [0.15, 0.2) is 53.6 Å². The minimum absolute atomic E-state index is 0.153. The molecule has 0 spiro atoms. The van der Waals surface area contributed by atoms with E-state index in [0.717, 1.165) is 5.69 Å². The molecule has 1 aliphatic rings. The van der Waals surface area contributed by atoms with Crippen LogP contribution in [0.1, 0.15) is 29.9 Å². The van der Waals surface area contributed by atoms with Gasteiger partial charge in [0.2, 0.25) is 10.0 Å². The first-order valence-corrected chi connectivity index (χ1v) is 10.2. The summed E-state index contributed by atoms with van der Waals surface area (Å²) in [6, 6.07) is 11.5. The van der Waals surface area contributed by atoms with Crippen LogP contribution in [0.2, 0.25) is 0 Å². The molecule has 1 fully saturated rings. The average Bonchev–Trinajstić information content (AvgIpc) is 2.66. The minimum atomic E-state index is -3.61. The number of pyridine rings is 1. The second-order valence-electron chi connectivity index (χ2n) is 6.61. The normalized spacial score (nSPS) is 21.0. The van der Waals surface area contributed by atoms with Crippen molar-refractivity contribution in [2.24, 2.45) is 0 Å². The van der Waals surface area contributed by atoms with Gasteiger partial charge >= 0.3 is 0 Å². The van der Waals surface area contributed by atoms with E-state index in [4.69, 9.17) is 4.74 Å². The predicted molar refractivity (Wildman–Crippen MR) is 101 cm³/mol. The SMILES string of the molecule is C[C@@H]1CN(S(=O)(=O)c2ccc(C(=O)NCc3ccccn3)cc2)C[C@@H](C)O1. The summed E-state index contributed by atoms with van der Waals surface area (Å²) in [4.78, 5) is 16.6. The maximum atomic E-state index is 12.8. The Morgan fingerprint density at radius 1 is 1.15 bits per heavy atom. The van der Waals surface area contributed by atoms with Crippen LogP contribution in [0, 0.1) is 0 Å². The molecule has 7 nitrogen and oxygen atoms in total. The molecule has 0 bridgehead atoms. The fraction of sp³-hybridized carbons (Fsp3) is 0.368. The molecule has 1 aromatic carbocycles. The summed E-state index contributed by atoms with van der Waals surface area (Å²) in [5, 5.41) is 2.77. The summed E-state index contributed by atoms with van der Waals surface area (Å²) >= 11 is 0. The number of morpholine rings is 1. The summed E-state index contributed by atoms with van der Waals surface area (Å²) in [5.41, 5.74) is 1.15. The number of rotatable bonds is 5. The van der Waals surface area contributed by atoms with Gasteiger partial charge < -0.3 is 10.1 Å². The Labute approximate surface area is 159 Å². The van der Waals surface area contributed by atoms with Crippen LogP contribution in [0.4, 0.5) is 0 Å². The van der Waals surface area contributed by atoms with E-state index in [-0.39, 0.29) is 23.0 Å². The largest absolute Gasteiger partial charge is 0.373 e. The van der Waals surface area contributed by atoms with Gasteiger partial charge in [-0.3, -0.25) is 9.78 Å². The van der Waals surface area contributed by atoms with Crippen LogP contribution in [0.3, 0.4) is 0 Å². The smallest absolute Gasteiger partial charge is 0.251 e. The van der Waals surface area contributed by atoms with Gasteiger partial charge in [0, 0.05) is 24.8 Å². The van der Waals surface area contributed by atoms with Gasteiger partial charge in [-0.2, -0.15) is 4.31 Å². The summed E-state index contributed by atoms with van der Waals surface area (Å²) in [6.45, 7) is 4.65. The lowest BCUT2D eigenvalue weighted by Crippen LogP contribution is -2.48. The van der Waals surface area contributed by atoms with Gasteiger partial charge in [0.25, 0.3) is 5.91 Å². The average molecular weight is 389 g/mol. The monoisotopic (exact) mass is 389 g/mol. The number of carbonyl (C=O) groups excluding carboxylic acids is 1. The van der Waals surface area contributed by atoms with E-state index in [1.54, 1.807) is 12.3 Å². The molecule has 2 heterocycles. The number of aromatic nitrogens is 1. The van der Waals surface area contributed by atoms with Crippen molar-refractivity contribution in [3.8, 4) is 0 Å². The third-order valence-electron chi connectivity index (χ3n) is 4.30. The van der Waals surface area contributed by atoms with Crippen LogP contribution in [0.5, 0.6) is 0 Å². The fourth-order valence-corrected chi connectivity index (χ4v) is 4.62. The summed E-state index contributed by atoms with van der Waals surface area (Å²) in [6.07, 6.45) is 1.36. The molecule has 27 heavy (non-hydrogen) atoms. The van der Waals surface area contributed by atoms with Gasteiger partial charge in [-0.15, -0.1) is 0 Å². The molecule has 2 atom stereocenters. The Kier molecular flexibility index (Phi) is 5.88. The van der Waals surface area contributed by atoms with E-state index in [1.807, 2.05) is 26.0 Å². The summed E-state index contributed by atoms with van der Waals surface area (Å²) < 4.78 is 32.7. The Morgan fingerprint density at radius 2 is 1.81 bits per heavy atom. The van der Waals surface area contributed by atoms with Gasteiger partial charge in [0.1, 0.15) is 0 Å². The third-order valence-corrected chi connectivity index (χ3v) is 6.14. The lowest BCUT2D eigenvalue weighted by molar-refractivity contribution is -0.0440. The zero-order chi connectivity index (χ0) is 19.4. The third kappa shape index (κ3) is 4.71. The molecule has 0 radical (unpaired) electrons. The number of sulfonamides is 1. The summed E-state index contributed by atoms with van der Waals surface area (Å²) in [5.74, 6) is -0.279. The topological polar surface area (TPSA) is 88.6 Å². The van der Waals surface area contributed by atoms with Gasteiger partial charge in [-0.1, -0.05) is 6.07 Å². The predicted octanol–water partition coefficient (Wildman–Crippen LogP) is 1.81. The summed E-state index contributed by atoms with van der Waals surface area (Å²) in [7, 11) is -3.61. The lowest BCUT2D eigenvalue weighted by atomic mass is 10.2. The molecule has 0 saturated carbocycles. The van der Waals surface area contributed by atoms with Crippen molar-refractivity contribution in [2.75, 3.05) is 13.1 Å². The highest BCUT2D eigenvalue weighted by atomic mass is 32.2. The molecule has 1 aromatic heterocycles. The van der Waals surface area contributed by atoms with Crippen molar-refractivity contribution in [1.29, 1.82) is 0 Å². The maximum Gasteiger partial charge on any atom is 0.251 e. The van der Waals surface area contributed by atoms with Crippen LogP contribution in [0.25, 0.3) is 0 Å². The number of ether oxygens (including phenoxy) is 1. The molecular formula is C19H23N3O4S. The zero-order valence-electron chi connectivity index (χ0n) is 15.3. The number of amides is 1. The van der Waals surface area contributed by atoms with Gasteiger partial charge in [-0.05, 0) is 50.2 Å². The second-order valence-corrected chi connectivity index (χ2v) is 8.55. The van der Waals surface area contributed by atoms with Crippen LogP contribution in [-0.2, 0) is 21.3 Å². The van der Waals surface area contributed by atoms with Gasteiger partial charge in [-0.25, -0.2) is 8.42 Å². The molecule has 1 amide bonds. The van der Waals surface area contributed by atoms with Crippen molar-refractivity contribution < 1.29 is 17.9 Å². The number of hydrogen-bond donors (Lipinski definition) is 1. The first kappa shape index (κ1) is 19.5. The highest BCUT2D eigenvalue weighted by Gasteiger charge is 2.32.